The molecule has 3 aromatic rings. The first-order valence-corrected chi connectivity index (χ1v) is 7.62. The van der Waals surface area contributed by atoms with E-state index in [4.69, 9.17) is 0 Å². The van der Waals surface area contributed by atoms with Gasteiger partial charge in [0.05, 0.1) is 17.0 Å². The number of amides is 1. The summed E-state index contributed by atoms with van der Waals surface area (Å²) in [7, 11) is 1.60. The van der Waals surface area contributed by atoms with Crippen LogP contribution < -0.4 is 5.32 Å². The highest BCUT2D eigenvalue weighted by Crippen LogP contribution is 2.28. The lowest BCUT2D eigenvalue weighted by Crippen LogP contribution is -2.17. The fourth-order valence-electron chi connectivity index (χ4n) is 2.05. The summed E-state index contributed by atoms with van der Waals surface area (Å²) in [6, 6.07) is 5.52. The monoisotopic (exact) mass is 310 g/mol. The number of hydrogen-bond donors (Lipinski definition) is 1. The van der Waals surface area contributed by atoms with E-state index in [1.165, 1.54) is 11.3 Å². The second-order valence-corrected chi connectivity index (χ2v) is 5.60. The van der Waals surface area contributed by atoms with Gasteiger partial charge in [-0.1, -0.05) is 0 Å². The summed E-state index contributed by atoms with van der Waals surface area (Å²) in [4.78, 5) is 24.6. The van der Waals surface area contributed by atoms with Crippen LogP contribution in [0.3, 0.4) is 0 Å². The highest BCUT2D eigenvalue weighted by Gasteiger charge is 2.10. The summed E-state index contributed by atoms with van der Waals surface area (Å²) in [6.07, 6.45) is 5.14. The maximum absolute atomic E-state index is 11.5. The molecule has 0 aromatic carbocycles. The first-order valence-electron chi connectivity index (χ1n) is 6.74. The Morgan fingerprint density at radius 1 is 1.18 bits per heavy atom. The van der Waals surface area contributed by atoms with Gasteiger partial charge in [-0.05, 0) is 30.7 Å². The maximum atomic E-state index is 11.5. The van der Waals surface area contributed by atoms with E-state index in [2.05, 4.69) is 20.3 Å². The van der Waals surface area contributed by atoms with Crippen molar-refractivity contribution in [2.24, 2.45) is 0 Å². The number of thiazole rings is 1. The summed E-state index contributed by atoms with van der Waals surface area (Å²) in [5, 5.41) is 5.39. The van der Waals surface area contributed by atoms with Crippen LogP contribution in [0.4, 0.5) is 0 Å². The Labute approximate surface area is 132 Å². The average Bonchev–Trinajstić information content (AvgIpc) is 3.04. The van der Waals surface area contributed by atoms with Crippen molar-refractivity contribution in [1.29, 1.82) is 0 Å². The molecule has 3 aromatic heterocycles. The van der Waals surface area contributed by atoms with Gasteiger partial charge in [-0.2, -0.15) is 0 Å². The van der Waals surface area contributed by atoms with Gasteiger partial charge >= 0.3 is 0 Å². The van der Waals surface area contributed by atoms with E-state index in [0.717, 1.165) is 27.5 Å². The number of hydrogen-bond acceptors (Lipinski definition) is 5. The van der Waals surface area contributed by atoms with Gasteiger partial charge in [0.1, 0.15) is 5.01 Å². The van der Waals surface area contributed by atoms with Gasteiger partial charge in [-0.25, -0.2) is 4.98 Å². The lowest BCUT2D eigenvalue weighted by molar-refractivity contribution is 0.0963. The third-order valence-electron chi connectivity index (χ3n) is 3.29. The van der Waals surface area contributed by atoms with E-state index >= 15 is 0 Å². The van der Waals surface area contributed by atoms with Gasteiger partial charge in [0.2, 0.25) is 0 Å². The molecule has 0 aliphatic heterocycles. The van der Waals surface area contributed by atoms with E-state index in [1.54, 1.807) is 25.5 Å². The molecule has 6 heteroatoms. The fraction of sp³-hybridized carbons (Fsp3) is 0.125. The van der Waals surface area contributed by atoms with Crippen LogP contribution in [0.2, 0.25) is 0 Å². The van der Waals surface area contributed by atoms with E-state index in [-0.39, 0.29) is 5.91 Å². The first-order chi connectivity index (χ1) is 10.7. The Hall–Kier alpha value is -2.60. The molecule has 0 saturated carbocycles. The van der Waals surface area contributed by atoms with E-state index in [1.807, 2.05) is 30.6 Å². The van der Waals surface area contributed by atoms with Crippen LogP contribution in [-0.2, 0) is 0 Å². The SMILES string of the molecule is CNC(=O)c1ccc(-c2nc(-c3cnccc3C)cs2)nc1. The summed E-state index contributed by atoms with van der Waals surface area (Å²) in [5.74, 6) is -0.148. The largest absolute Gasteiger partial charge is 0.355 e. The van der Waals surface area contributed by atoms with Crippen LogP contribution >= 0.6 is 11.3 Å². The maximum Gasteiger partial charge on any atom is 0.252 e. The molecule has 0 aliphatic rings. The normalized spacial score (nSPS) is 10.5. The minimum absolute atomic E-state index is 0.148. The smallest absolute Gasteiger partial charge is 0.252 e. The Bertz CT molecular complexity index is 811. The predicted molar refractivity (Wildman–Crippen MR) is 86.7 cm³/mol. The van der Waals surface area contributed by atoms with Crippen LogP contribution in [0.1, 0.15) is 15.9 Å². The molecule has 110 valence electrons. The summed E-state index contributed by atoms with van der Waals surface area (Å²) < 4.78 is 0. The molecule has 3 rings (SSSR count). The molecule has 0 fully saturated rings. The lowest BCUT2D eigenvalue weighted by Gasteiger charge is -2.01. The van der Waals surface area contributed by atoms with Crippen molar-refractivity contribution in [3.05, 3.63) is 53.3 Å². The number of carbonyl (C=O) groups excluding carboxylic acids is 1. The molecular formula is C16H14N4OS. The number of nitrogens with zero attached hydrogens (tertiary/aromatic N) is 3. The van der Waals surface area contributed by atoms with E-state index < -0.39 is 0 Å². The molecule has 0 unspecified atom stereocenters. The first kappa shape index (κ1) is 14.3. The minimum atomic E-state index is -0.148. The number of rotatable bonds is 3. The van der Waals surface area contributed by atoms with Crippen molar-refractivity contribution in [2.75, 3.05) is 7.05 Å². The van der Waals surface area contributed by atoms with Crippen molar-refractivity contribution < 1.29 is 4.79 Å². The van der Waals surface area contributed by atoms with Gasteiger partial charge in [0, 0.05) is 36.6 Å². The van der Waals surface area contributed by atoms with Crippen LogP contribution in [0.25, 0.3) is 22.0 Å². The molecule has 1 N–H and O–H groups in total. The Morgan fingerprint density at radius 3 is 2.73 bits per heavy atom. The standard InChI is InChI=1S/C16H14N4OS/c1-10-5-6-18-8-12(10)14-9-22-16(20-14)13-4-3-11(7-19-13)15(21)17-2/h3-9H,1-2H3,(H,17,21). The van der Waals surface area contributed by atoms with Crippen molar-refractivity contribution in [3.8, 4) is 22.0 Å². The summed E-state index contributed by atoms with van der Waals surface area (Å²) in [5.41, 5.74) is 4.33. The van der Waals surface area contributed by atoms with E-state index in [0.29, 0.717) is 5.56 Å². The van der Waals surface area contributed by atoms with Crippen molar-refractivity contribution in [3.63, 3.8) is 0 Å². The molecule has 1 amide bonds. The second-order valence-electron chi connectivity index (χ2n) is 4.74. The topological polar surface area (TPSA) is 67.8 Å². The van der Waals surface area contributed by atoms with Gasteiger partial charge < -0.3 is 5.32 Å². The molecule has 0 atom stereocenters. The number of aromatic nitrogens is 3. The molecule has 3 heterocycles. The molecule has 0 aliphatic carbocycles. The third kappa shape index (κ3) is 2.73. The highest BCUT2D eigenvalue weighted by molar-refractivity contribution is 7.13. The number of carbonyl (C=O) groups is 1. The van der Waals surface area contributed by atoms with E-state index in [9.17, 15) is 4.79 Å². The number of nitrogens with one attached hydrogen (secondary N) is 1. The zero-order chi connectivity index (χ0) is 15.5. The van der Waals surface area contributed by atoms with Gasteiger partial charge in [-0.15, -0.1) is 11.3 Å². The van der Waals surface area contributed by atoms with Gasteiger partial charge in [0.25, 0.3) is 5.91 Å². The van der Waals surface area contributed by atoms with Gasteiger partial charge in [0.15, 0.2) is 0 Å². The highest BCUT2D eigenvalue weighted by atomic mass is 32.1. The molecule has 22 heavy (non-hydrogen) atoms. The molecule has 0 saturated heterocycles. The number of pyridine rings is 2. The summed E-state index contributed by atoms with van der Waals surface area (Å²) >= 11 is 1.52. The quantitative estimate of drug-likeness (QED) is 0.807. The fourth-order valence-corrected chi connectivity index (χ4v) is 2.84. The molecule has 5 nitrogen and oxygen atoms in total. The predicted octanol–water partition coefficient (Wildman–Crippen LogP) is 2.94. The molecular weight excluding hydrogens is 296 g/mol. The Balaban J connectivity index is 1.91. The van der Waals surface area contributed by atoms with Crippen molar-refractivity contribution >= 4 is 17.2 Å². The van der Waals surface area contributed by atoms with Crippen LogP contribution in [0, 0.1) is 6.92 Å². The lowest BCUT2D eigenvalue weighted by atomic mass is 10.1. The van der Waals surface area contributed by atoms with Crippen LogP contribution in [0.15, 0.2) is 42.2 Å². The van der Waals surface area contributed by atoms with Crippen LogP contribution in [0.5, 0.6) is 0 Å². The molecule has 0 spiro atoms. The third-order valence-corrected chi connectivity index (χ3v) is 4.16. The average molecular weight is 310 g/mol. The zero-order valence-electron chi connectivity index (χ0n) is 12.2. The Morgan fingerprint density at radius 2 is 2.05 bits per heavy atom. The summed E-state index contributed by atoms with van der Waals surface area (Å²) in [6.45, 7) is 2.03. The van der Waals surface area contributed by atoms with Gasteiger partial charge in [-0.3, -0.25) is 14.8 Å². The molecule has 0 radical (unpaired) electrons. The zero-order valence-corrected chi connectivity index (χ0v) is 13.0. The second kappa shape index (κ2) is 6.03. The Kier molecular flexibility index (Phi) is 3.93. The minimum Gasteiger partial charge on any atom is -0.355 e. The van der Waals surface area contributed by atoms with Crippen molar-refractivity contribution in [1.82, 2.24) is 20.3 Å². The van der Waals surface area contributed by atoms with Crippen LogP contribution in [-0.4, -0.2) is 27.9 Å². The molecule has 0 bridgehead atoms. The van der Waals surface area contributed by atoms with Crippen molar-refractivity contribution in [2.45, 2.75) is 6.92 Å². The number of aryl methyl sites for hydroxylation is 1.